The van der Waals surface area contributed by atoms with Crippen molar-refractivity contribution in [2.45, 2.75) is 76.7 Å². The topological polar surface area (TPSA) is 75.6 Å². The van der Waals surface area contributed by atoms with Gasteiger partial charge in [-0.3, -0.25) is 4.99 Å². The first-order valence-electron chi connectivity index (χ1n) is 11.1. The number of nitrogens with one attached hydrogen (secondary N) is 1. The minimum Gasteiger partial charge on any atom is -0.444 e. The zero-order valence-corrected chi connectivity index (χ0v) is 21.2. The molecule has 3 heterocycles. The van der Waals surface area contributed by atoms with Gasteiger partial charge in [0, 0.05) is 39.8 Å². The van der Waals surface area contributed by atoms with E-state index in [-0.39, 0.29) is 48.3 Å². The van der Waals surface area contributed by atoms with Crippen molar-refractivity contribution < 1.29 is 19.0 Å². The van der Waals surface area contributed by atoms with E-state index in [1.165, 1.54) is 0 Å². The smallest absolute Gasteiger partial charge is 0.410 e. The van der Waals surface area contributed by atoms with Crippen LogP contribution in [0.3, 0.4) is 0 Å². The third-order valence-corrected chi connectivity index (χ3v) is 5.74. The summed E-state index contributed by atoms with van der Waals surface area (Å²) >= 11 is 0. The molecular weight excluding hydrogens is 499 g/mol. The zero-order valence-electron chi connectivity index (χ0n) is 18.9. The Morgan fingerprint density at radius 1 is 1.10 bits per heavy atom. The maximum Gasteiger partial charge on any atom is 0.410 e. The number of likely N-dealkylation sites (tertiary alicyclic amines) is 1. The van der Waals surface area contributed by atoms with Gasteiger partial charge in [-0.25, -0.2) is 4.79 Å². The van der Waals surface area contributed by atoms with Gasteiger partial charge in [-0.2, -0.15) is 0 Å². The maximum absolute atomic E-state index is 12.6. The molecule has 0 bridgehead atoms. The van der Waals surface area contributed by atoms with Gasteiger partial charge in [0.2, 0.25) is 0 Å². The number of hydrogen-bond donors (Lipinski definition) is 1. The molecule has 0 radical (unpaired) electrons. The minimum atomic E-state index is -0.479. The van der Waals surface area contributed by atoms with Crippen molar-refractivity contribution in [3.8, 4) is 0 Å². The number of halogens is 1. The molecule has 30 heavy (non-hydrogen) atoms. The summed E-state index contributed by atoms with van der Waals surface area (Å²) in [7, 11) is 1.81. The van der Waals surface area contributed by atoms with Gasteiger partial charge < -0.3 is 29.3 Å². The number of hydrogen-bond acceptors (Lipinski definition) is 5. The van der Waals surface area contributed by atoms with Crippen LogP contribution in [0, 0.1) is 0 Å². The molecule has 1 amide bonds. The van der Waals surface area contributed by atoms with Crippen molar-refractivity contribution in [3.63, 3.8) is 0 Å². The van der Waals surface area contributed by atoms with Crippen LogP contribution < -0.4 is 5.32 Å². The van der Waals surface area contributed by atoms with Gasteiger partial charge in [0.15, 0.2) is 5.96 Å². The van der Waals surface area contributed by atoms with E-state index < -0.39 is 5.60 Å². The summed E-state index contributed by atoms with van der Waals surface area (Å²) in [6.07, 6.45) is 5.38. The first-order chi connectivity index (χ1) is 13.9. The van der Waals surface area contributed by atoms with Gasteiger partial charge >= 0.3 is 6.09 Å². The lowest BCUT2D eigenvalue weighted by Crippen LogP contribution is -2.56. The molecule has 1 N–H and O–H groups in total. The highest BCUT2D eigenvalue weighted by Gasteiger charge is 2.34. The summed E-state index contributed by atoms with van der Waals surface area (Å²) < 4.78 is 17.4. The number of guanidine groups is 1. The molecule has 3 rings (SSSR count). The Bertz CT molecular complexity index is 578. The van der Waals surface area contributed by atoms with Crippen LogP contribution in [0.4, 0.5) is 4.79 Å². The van der Waals surface area contributed by atoms with Crippen LogP contribution in [0.1, 0.15) is 52.9 Å². The Labute approximate surface area is 198 Å². The summed E-state index contributed by atoms with van der Waals surface area (Å²) in [6.45, 7) is 10.3. The van der Waals surface area contributed by atoms with Gasteiger partial charge in [0.1, 0.15) is 11.7 Å². The van der Waals surface area contributed by atoms with Crippen molar-refractivity contribution in [3.05, 3.63) is 0 Å². The Morgan fingerprint density at radius 2 is 1.87 bits per heavy atom. The van der Waals surface area contributed by atoms with E-state index >= 15 is 0 Å². The molecule has 3 aliphatic rings. The van der Waals surface area contributed by atoms with Crippen molar-refractivity contribution in [2.75, 3.05) is 46.4 Å². The van der Waals surface area contributed by atoms with E-state index in [1.807, 2.05) is 32.7 Å². The number of piperidine rings is 1. The number of rotatable bonds is 3. The Balaban J connectivity index is 0.00000320. The van der Waals surface area contributed by atoms with Crippen molar-refractivity contribution in [1.82, 2.24) is 15.1 Å². The zero-order chi connectivity index (χ0) is 20.9. The molecule has 0 aliphatic carbocycles. The Hall–Kier alpha value is -0.810. The molecular formula is C21H39IN4O4. The van der Waals surface area contributed by atoms with E-state index in [2.05, 4.69) is 15.2 Å². The molecule has 0 aromatic rings. The highest BCUT2D eigenvalue weighted by molar-refractivity contribution is 14.0. The average molecular weight is 538 g/mol. The highest BCUT2D eigenvalue weighted by atomic mass is 127. The van der Waals surface area contributed by atoms with Crippen LogP contribution in [0.15, 0.2) is 4.99 Å². The molecule has 3 aliphatic heterocycles. The van der Waals surface area contributed by atoms with E-state index in [4.69, 9.17) is 14.2 Å². The highest BCUT2D eigenvalue weighted by Crippen LogP contribution is 2.22. The molecule has 0 aromatic carbocycles. The standard InChI is InChI=1S/C21H38N4O4.HI/c1-21(2,3)29-20(26)25-10-6-5-8-16(25)14-23-19(22-4)24-11-13-28-18(15-24)17-9-7-12-27-17;/h16-18H,5-15H2,1-4H3,(H,22,23);1H. The molecule has 3 saturated heterocycles. The van der Waals surface area contributed by atoms with Gasteiger partial charge in [-0.05, 0) is 52.9 Å². The first-order valence-corrected chi connectivity index (χ1v) is 11.1. The second-order valence-electron chi connectivity index (χ2n) is 9.16. The number of nitrogens with zero attached hydrogens (tertiary/aromatic N) is 3. The molecule has 0 saturated carbocycles. The van der Waals surface area contributed by atoms with Gasteiger partial charge in [-0.1, -0.05) is 0 Å². The largest absolute Gasteiger partial charge is 0.444 e. The van der Waals surface area contributed by atoms with Crippen LogP contribution >= 0.6 is 24.0 Å². The summed E-state index contributed by atoms with van der Waals surface area (Å²) in [6, 6.07) is 0.116. The van der Waals surface area contributed by atoms with Crippen molar-refractivity contribution in [2.24, 2.45) is 4.99 Å². The predicted octanol–water partition coefficient (Wildman–Crippen LogP) is 2.85. The molecule has 3 atom stereocenters. The lowest BCUT2D eigenvalue weighted by molar-refractivity contribution is -0.0817. The third-order valence-electron chi connectivity index (χ3n) is 5.74. The van der Waals surface area contributed by atoms with Gasteiger partial charge in [0.05, 0.1) is 18.8 Å². The fourth-order valence-electron chi connectivity index (χ4n) is 4.30. The van der Waals surface area contributed by atoms with E-state index in [1.54, 1.807) is 0 Å². The minimum absolute atomic E-state index is 0. The molecule has 174 valence electrons. The molecule has 0 aromatic heterocycles. The number of aliphatic imine (C=N–C) groups is 1. The fraction of sp³-hybridized carbons (Fsp3) is 0.905. The lowest BCUT2D eigenvalue weighted by atomic mass is 10.0. The Kier molecular flexibility index (Phi) is 9.93. The number of ether oxygens (including phenoxy) is 3. The van der Waals surface area contributed by atoms with Crippen molar-refractivity contribution in [1.29, 1.82) is 0 Å². The third kappa shape index (κ3) is 7.12. The predicted molar refractivity (Wildman–Crippen MR) is 128 cm³/mol. The second-order valence-corrected chi connectivity index (χ2v) is 9.16. The van der Waals surface area contributed by atoms with E-state index in [0.717, 1.165) is 64.3 Å². The Morgan fingerprint density at radius 3 is 2.53 bits per heavy atom. The summed E-state index contributed by atoms with van der Waals surface area (Å²) in [4.78, 5) is 21.2. The molecule has 3 unspecified atom stereocenters. The van der Waals surface area contributed by atoms with Gasteiger partial charge in [0.25, 0.3) is 0 Å². The molecule has 9 heteroatoms. The lowest BCUT2D eigenvalue weighted by Gasteiger charge is -2.39. The summed E-state index contributed by atoms with van der Waals surface area (Å²) in [5, 5.41) is 3.50. The monoisotopic (exact) mass is 538 g/mol. The maximum atomic E-state index is 12.6. The average Bonchev–Trinajstić information content (AvgIpc) is 3.22. The van der Waals surface area contributed by atoms with Crippen LogP contribution in [0.5, 0.6) is 0 Å². The summed E-state index contributed by atoms with van der Waals surface area (Å²) in [5.74, 6) is 0.867. The molecule has 0 spiro atoms. The number of carbonyl (C=O) groups is 1. The quantitative estimate of drug-likeness (QED) is 0.339. The van der Waals surface area contributed by atoms with Crippen LogP contribution in [0.25, 0.3) is 0 Å². The number of amides is 1. The first kappa shape index (κ1) is 25.5. The number of morpholine rings is 1. The normalized spacial score (nSPS) is 28.1. The van der Waals surface area contributed by atoms with E-state index in [0.29, 0.717) is 13.2 Å². The molecule has 8 nitrogen and oxygen atoms in total. The van der Waals surface area contributed by atoms with E-state index in [9.17, 15) is 4.79 Å². The second kappa shape index (κ2) is 11.7. The summed E-state index contributed by atoms with van der Waals surface area (Å²) in [5.41, 5.74) is -0.479. The fourth-order valence-corrected chi connectivity index (χ4v) is 4.30. The number of carbonyl (C=O) groups excluding carboxylic acids is 1. The van der Waals surface area contributed by atoms with Gasteiger partial charge in [-0.15, -0.1) is 24.0 Å². The van der Waals surface area contributed by atoms with Crippen LogP contribution in [0.2, 0.25) is 0 Å². The SMILES string of the molecule is CN=C(NCC1CCCCN1C(=O)OC(C)(C)C)N1CCOC(C2CCCO2)C1.I. The van der Waals surface area contributed by atoms with Crippen LogP contribution in [-0.4, -0.2) is 92.1 Å². The van der Waals surface area contributed by atoms with Crippen LogP contribution in [-0.2, 0) is 14.2 Å². The molecule has 3 fully saturated rings. The van der Waals surface area contributed by atoms with Crippen molar-refractivity contribution >= 4 is 36.0 Å².